The number of nitrogens with one attached hydrogen (secondary N) is 2. The van der Waals surface area contributed by atoms with E-state index < -0.39 is 11.8 Å². The van der Waals surface area contributed by atoms with Crippen LogP contribution in [0.2, 0.25) is 5.02 Å². The molecule has 0 atom stereocenters. The van der Waals surface area contributed by atoms with Crippen LogP contribution in [0.5, 0.6) is 11.5 Å². The third-order valence-electron chi connectivity index (χ3n) is 3.38. The Kier molecular flexibility index (Phi) is 7.63. The Morgan fingerprint density at radius 1 is 1.15 bits per heavy atom. The Hall–Kier alpha value is -3.06. The molecule has 0 saturated heterocycles. The van der Waals surface area contributed by atoms with Gasteiger partial charge in [-0.25, -0.2) is 5.43 Å². The average molecular weight is 390 g/mol. The number of anilines is 1. The maximum absolute atomic E-state index is 11.9. The lowest BCUT2D eigenvalue weighted by atomic mass is 10.2. The number of hydrogen-bond acceptors (Lipinski definition) is 5. The number of halogens is 1. The van der Waals surface area contributed by atoms with Crippen molar-refractivity contribution in [3.8, 4) is 11.5 Å². The third-order valence-corrected chi connectivity index (χ3v) is 3.71. The van der Waals surface area contributed by atoms with Gasteiger partial charge < -0.3 is 14.8 Å². The maximum Gasteiger partial charge on any atom is 0.249 e. The van der Waals surface area contributed by atoms with Gasteiger partial charge in [0.1, 0.15) is 6.42 Å². The van der Waals surface area contributed by atoms with Crippen LogP contribution in [-0.2, 0) is 9.59 Å². The average Bonchev–Trinajstić information content (AvgIpc) is 2.65. The zero-order valence-electron chi connectivity index (χ0n) is 15.0. The van der Waals surface area contributed by atoms with Crippen LogP contribution in [-0.4, -0.2) is 31.7 Å². The highest BCUT2D eigenvalue weighted by Gasteiger charge is 2.11. The Balaban J connectivity index is 1.93. The van der Waals surface area contributed by atoms with Crippen LogP contribution in [0.4, 0.5) is 5.69 Å². The summed E-state index contributed by atoms with van der Waals surface area (Å²) in [6, 6.07) is 12.1. The van der Waals surface area contributed by atoms with Crippen LogP contribution in [0, 0.1) is 0 Å². The number of benzene rings is 2. The summed E-state index contributed by atoms with van der Waals surface area (Å²) in [5.41, 5.74) is 3.39. The van der Waals surface area contributed by atoms with Crippen LogP contribution in [0.15, 0.2) is 47.6 Å². The van der Waals surface area contributed by atoms with E-state index in [0.29, 0.717) is 34.4 Å². The fourth-order valence-corrected chi connectivity index (χ4v) is 2.39. The number of carbonyl (C=O) groups excluding carboxylic acids is 2. The smallest absolute Gasteiger partial charge is 0.249 e. The lowest BCUT2D eigenvalue weighted by molar-refractivity contribution is -0.126. The van der Waals surface area contributed by atoms with Gasteiger partial charge in [-0.2, -0.15) is 5.10 Å². The summed E-state index contributed by atoms with van der Waals surface area (Å²) in [4.78, 5) is 23.8. The van der Waals surface area contributed by atoms with Crippen molar-refractivity contribution < 1.29 is 19.1 Å². The van der Waals surface area contributed by atoms with Crippen molar-refractivity contribution in [2.75, 3.05) is 19.0 Å². The van der Waals surface area contributed by atoms with Gasteiger partial charge in [-0.1, -0.05) is 29.8 Å². The van der Waals surface area contributed by atoms with Crippen LogP contribution < -0.4 is 20.2 Å². The van der Waals surface area contributed by atoms with Crippen molar-refractivity contribution >= 4 is 35.3 Å². The zero-order chi connectivity index (χ0) is 19.6. The first-order chi connectivity index (χ1) is 13.0. The number of nitrogens with zero attached hydrogens (tertiary/aromatic N) is 1. The largest absolute Gasteiger partial charge is 0.493 e. The van der Waals surface area contributed by atoms with Gasteiger partial charge in [0.25, 0.3) is 0 Å². The van der Waals surface area contributed by atoms with Gasteiger partial charge in [0.2, 0.25) is 11.8 Å². The van der Waals surface area contributed by atoms with E-state index in [4.69, 9.17) is 21.1 Å². The summed E-state index contributed by atoms with van der Waals surface area (Å²) in [5.74, 6) is 0.0343. The van der Waals surface area contributed by atoms with E-state index in [1.165, 1.54) is 13.3 Å². The second-order valence-electron chi connectivity index (χ2n) is 5.31. The number of carbonyl (C=O) groups is 2. The third kappa shape index (κ3) is 6.00. The molecule has 0 saturated carbocycles. The molecule has 0 aliphatic heterocycles. The molecule has 2 rings (SSSR count). The molecule has 0 heterocycles. The normalized spacial score (nSPS) is 10.5. The van der Waals surface area contributed by atoms with Gasteiger partial charge in [-0.15, -0.1) is 0 Å². The van der Waals surface area contributed by atoms with Gasteiger partial charge in [0.05, 0.1) is 30.6 Å². The minimum atomic E-state index is -0.559. The predicted molar refractivity (Wildman–Crippen MR) is 105 cm³/mol. The fraction of sp³-hybridized carbons (Fsp3) is 0.211. The highest BCUT2D eigenvalue weighted by Crippen LogP contribution is 2.29. The van der Waals surface area contributed by atoms with Crippen molar-refractivity contribution in [2.45, 2.75) is 13.3 Å². The summed E-state index contributed by atoms with van der Waals surface area (Å²) in [6.45, 7) is 2.31. The van der Waals surface area contributed by atoms with Gasteiger partial charge >= 0.3 is 0 Å². The lowest BCUT2D eigenvalue weighted by Gasteiger charge is -2.11. The Morgan fingerprint density at radius 3 is 2.63 bits per heavy atom. The van der Waals surface area contributed by atoms with Crippen molar-refractivity contribution in [1.29, 1.82) is 0 Å². The van der Waals surface area contributed by atoms with E-state index in [2.05, 4.69) is 15.8 Å². The SMILES string of the molecule is CCOc1c(C=NNC(=O)CC(=O)Nc2ccccc2Cl)cccc1OC. The molecule has 2 aromatic rings. The molecule has 0 unspecified atom stereocenters. The molecular weight excluding hydrogens is 370 g/mol. The molecule has 0 aromatic heterocycles. The van der Waals surface area contributed by atoms with Gasteiger partial charge in [0.15, 0.2) is 11.5 Å². The molecule has 7 nitrogen and oxygen atoms in total. The first kappa shape index (κ1) is 20.3. The van der Waals surface area contributed by atoms with Gasteiger partial charge in [-0.05, 0) is 31.2 Å². The minimum Gasteiger partial charge on any atom is -0.493 e. The molecule has 0 radical (unpaired) electrons. The molecular formula is C19H20ClN3O4. The highest BCUT2D eigenvalue weighted by atomic mass is 35.5. The first-order valence-corrected chi connectivity index (χ1v) is 8.59. The summed E-state index contributed by atoms with van der Waals surface area (Å²) >= 11 is 5.96. The van der Waals surface area contributed by atoms with Crippen molar-refractivity contribution in [3.63, 3.8) is 0 Å². The molecule has 0 aliphatic carbocycles. The van der Waals surface area contributed by atoms with Crippen LogP contribution >= 0.6 is 11.6 Å². The number of amides is 2. The topological polar surface area (TPSA) is 89.0 Å². The van der Waals surface area contributed by atoms with E-state index in [1.807, 2.05) is 6.92 Å². The number of para-hydroxylation sites is 2. The predicted octanol–water partition coefficient (Wildman–Crippen LogP) is 3.23. The highest BCUT2D eigenvalue weighted by molar-refractivity contribution is 6.33. The number of rotatable bonds is 8. The number of hydrogen-bond donors (Lipinski definition) is 2. The standard InChI is InChI=1S/C19H20ClN3O4/c1-3-27-19-13(7-6-10-16(19)26-2)12-21-23-18(25)11-17(24)22-15-9-5-4-8-14(15)20/h4-10,12H,3,11H2,1-2H3,(H,22,24)(H,23,25). The van der Waals surface area contributed by atoms with Crippen LogP contribution in [0.3, 0.4) is 0 Å². The molecule has 27 heavy (non-hydrogen) atoms. The number of hydrazone groups is 1. The molecule has 0 fully saturated rings. The summed E-state index contributed by atoms with van der Waals surface area (Å²) in [5, 5.41) is 6.84. The molecule has 8 heteroatoms. The van der Waals surface area contributed by atoms with E-state index in [9.17, 15) is 9.59 Å². The van der Waals surface area contributed by atoms with Gasteiger partial charge in [-0.3, -0.25) is 9.59 Å². The summed E-state index contributed by atoms with van der Waals surface area (Å²) in [7, 11) is 1.54. The monoisotopic (exact) mass is 389 g/mol. The Labute approximate surface area is 162 Å². The van der Waals surface area contributed by atoms with Crippen LogP contribution in [0.25, 0.3) is 0 Å². The molecule has 142 valence electrons. The minimum absolute atomic E-state index is 0.390. The summed E-state index contributed by atoms with van der Waals surface area (Å²) in [6.07, 6.45) is 1.04. The fourth-order valence-electron chi connectivity index (χ4n) is 2.21. The zero-order valence-corrected chi connectivity index (χ0v) is 15.7. The van der Waals surface area contributed by atoms with E-state index in [-0.39, 0.29) is 6.42 Å². The lowest BCUT2D eigenvalue weighted by Crippen LogP contribution is -2.24. The molecule has 2 amide bonds. The number of methoxy groups -OCH3 is 1. The maximum atomic E-state index is 11.9. The molecule has 0 aliphatic rings. The van der Waals surface area contributed by atoms with Gasteiger partial charge in [0, 0.05) is 5.56 Å². The molecule has 2 aromatic carbocycles. The second-order valence-corrected chi connectivity index (χ2v) is 5.72. The number of ether oxygens (including phenoxy) is 2. The Morgan fingerprint density at radius 2 is 1.93 bits per heavy atom. The van der Waals surface area contributed by atoms with Crippen molar-refractivity contribution in [1.82, 2.24) is 5.43 Å². The Bertz CT molecular complexity index is 839. The van der Waals surface area contributed by atoms with E-state index in [1.54, 1.807) is 42.5 Å². The molecule has 2 N–H and O–H groups in total. The van der Waals surface area contributed by atoms with E-state index in [0.717, 1.165) is 0 Å². The second kappa shape index (κ2) is 10.2. The first-order valence-electron chi connectivity index (χ1n) is 8.21. The van der Waals surface area contributed by atoms with Crippen molar-refractivity contribution in [3.05, 3.63) is 53.1 Å². The summed E-state index contributed by atoms with van der Waals surface area (Å²) < 4.78 is 10.8. The van der Waals surface area contributed by atoms with Crippen molar-refractivity contribution in [2.24, 2.45) is 5.10 Å². The molecule has 0 bridgehead atoms. The van der Waals surface area contributed by atoms with Crippen LogP contribution in [0.1, 0.15) is 18.9 Å². The van der Waals surface area contributed by atoms with E-state index >= 15 is 0 Å². The quantitative estimate of drug-likeness (QED) is 0.412. The molecule has 0 spiro atoms.